The largest absolute Gasteiger partial charge is 0.396 e. The Hall–Kier alpha value is -1.03. The van der Waals surface area contributed by atoms with Gasteiger partial charge in [-0.3, -0.25) is 4.68 Å². The number of methoxy groups -OCH3 is 1. The van der Waals surface area contributed by atoms with Crippen LogP contribution in [-0.4, -0.2) is 23.0 Å². The van der Waals surface area contributed by atoms with Crippen molar-refractivity contribution in [1.29, 1.82) is 0 Å². The molecule has 2 atom stereocenters. The van der Waals surface area contributed by atoms with E-state index in [4.69, 9.17) is 10.5 Å². The molecule has 78 valence electrons. The maximum atomic E-state index is 5.76. The van der Waals surface area contributed by atoms with Crippen molar-refractivity contribution in [2.75, 3.05) is 12.8 Å². The van der Waals surface area contributed by atoms with E-state index in [0.717, 1.165) is 30.6 Å². The lowest BCUT2D eigenvalue weighted by Crippen LogP contribution is -2.09. The number of hydrogen-bond acceptors (Lipinski definition) is 3. The molecule has 4 heteroatoms. The number of anilines is 1. The molecule has 1 fully saturated rings. The summed E-state index contributed by atoms with van der Waals surface area (Å²) in [5, 5.41) is 4.40. The van der Waals surface area contributed by atoms with Crippen molar-refractivity contribution in [3.63, 3.8) is 0 Å². The summed E-state index contributed by atoms with van der Waals surface area (Å²) in [7, 11) is 1.77. The van der Waals surface area contributed by atoms with Gasteiger partial charge in [-0.1, -0.05) is 0 Å². The number of nitrogens with two attached hydrogens (primary N) is 1. The third-order valence-electron chi connectivity index (χ3n) is 3.02. The Kier molecular flexibility index (Phi) is 2.46. The summed E-state index contributed by atoms with van der Waals surface area (Å²) in [4.78, 5) is 0. The fourth-order valence-electron chi connectivity index (χ4n) is 2.05. The summed E-state index contributed by atoms with van der Waals surface area (Å²) in [5.74, 6) is 0. The summed E-state index contributed by atoms with van der Waals surface area (Å²) in [5.41, 5.74) is 7.47. The second-order valence-corrected chi connectivity index (χ2v) is 3.97. The monoisotopic (exact) mass is 195 g/mol. The molecule has 0 aromatic carbocycles. The van der Waals surface area contributed by atoms with Gasteiger partial charge in [-0.2, -0.15) is 5.10 Å². The van der Waals surface area contributed by atoms with Gasteiger partial charge < -0.3 is 10.5 Å². The standard InChI is InChI=1S/C10H17N3O/c1-7-10(11)6-13(12-7)8-3-4-9(5-8)14-2/h6,8-9H,3-5,11H2,1-2H3. The predicted molar refractivity (Wildman–Crippen MR) is 55.1 cm³/mol. The smallest absolute Gasteiger partial charge is 0.0823 e. The fraction of sp³-hybridized carbons (Fsp3) is 0.700. The van der Waals surface area contributed by atoms with Crippen LogP contribution in [0.2, 0.25) is 0 Å². The molecule has 2 N–H and O–H groups in total. The zero-order chi connectivity index (χ0) is 10.1. The summed E-state index contributed by atoms with van der Waals surface area (Å²) >= 11 is 0. The van der Waals surface area contributed by atoms with Gasteiger partial charge in [-0.05, 0) is 26.2 Å². The van der Waals surface area contributed by atoms with E-state index in [2.05, 4.69) is 5.10 Å². The highest BCUT2D eigenvalue weighted by atomic mass is 16.5. The minimum atomic E-state index is 0.394. The van der Waals surface area contributed by atoms with Crippen molar-refractivity contribution in [3.05, 3.63) is 11.9 Å². The van der Waals surface area contributed by atoms with E-state index in [0.29, 0.717) is 12.1 Å². The van der Waals surface area contributed by atoms with Gasteiger partial charge in [-0.25, -0.2) is 0 Å². The second kappa shape index (κ2) is 3.61. The molecule has 1 aliphatic rings. The number of aromatic nitrogens is 2. The fourth-order valence-corrected chi connectivity index (χ4v) is 2.05. The second-order valence-electron chi connectivity index (χ2n) is 3.97. The molecule has 0 aliphatic heterocycles. The van der Waals surface area contributed by atoms with Crippen LogP contribution in [0.15, 0.2) is 6.20 Å². The molecule has 1 aromatic heterocycles. The number of hydrogen-bond donors (Lipinski definition) is 1. The Morgan fingerprint density at radius 1 is 1.57 bits per heavy atom. The van der Waals surface area contributed by atoms with Crippen LogP contribution in [0.25, 0.3) is 0 Å². The first kappa shape index (κ1) is 9.52. The lowest BCUT2D eigenvalue weighted by atomic mass is 10.2. The zero-order valence-corrected chi connectivity index (χ0v) is 8.73. The van der Waals surface area contributed by atoms with Crippen LogP contribution in [0.3, 0.4) is 0 Å². The Balaban J connectivity index is 2.09. The SMILES string of the molecule is COC1CCC(n2cc(N)c(C)n2)C1. The molecule has 0 radical (unpaired) electrons. The molecule has 0 amide bonds. The highest BCUT2D eigenvalue weighted by Crippen LogP contribution is 2.31. The van der Waals surface area contributed by atoms with Crippen LogP contribution in [0, 0.1) is 6.92 Å². The van der Waals surface area contributed by atoms with Crippen LogP contribution in [-0.2, 0) is 4.74 Å². The van der Waals surface area contributed by atoms with Crippen molar-refractivity contribution in [2.24, 2.45) is 0 Å². The van der Waals surface area contributed by atoms with Crippen molar-refractivity contribution < 1.29 is 4.74 Å². The maximum Gasteiger partial charge on any atom is 0.0823 e. The summed E-state index contributed by atoms with van der Waals surface area (Å²) in [6.07, 6.45) is 5.64. The normalized spacial score (nSPS) is 27.0. The third-order valence-corrected chi connectivity index (χ3v) is 3.02. The first-order valence-corrected chi connectivity index (χ1v) is 5.04. The lowest BCUT2D eigenvalue weighted by Gasteiger charge is -2.10. The molecule has 0 bridgehead atoms. The maximum absolute atomic E-state index is 5.76. The van der Waals surface area contributed by atoms with Gasteiger partial charge in [0.05, 0.1) is 23.5 Å². The summed E-state index contributed by atoms with van der Waals surface area (Å²) in [6, 6.07) is 0.468. The molecule has 1 aliphatic carbocycles. The first-order valence-electron chi connectivity index (χ1n) is 5.04. The minimum absolute atomic E-state index is 0.394. The van der Waals surface area contributed by atoms with Gasteiger partial charge in [0.25, 0.3) is 0 Å². The molecule has 1 saturated carbocycles. The van der Waals surface area contributed by atoms with Gasteiger partial charge >= 0.3 is 0 Å². The highest BCUT2D eigenvalue weighted by molar-refractivity contribution is 5.39. The van der Waals surface area contributed by atoms with Gasteiger partial charge in [-0.15, -0.1) is 0 Å². The van der Waals surface area contributed by atoms with E-state index >= 15 is 0 Å². The number of aryl methyl sites for hydroxylation is 1. The van der Waals surface area contributed by atoms with Crippen molar-refractivity contribution in [1.82, 2.24) is 9.78 Å². The van der Waals surface area contributed by atoms with Crippen LogP contribution in [0.5, 0.6) is 0 Å². The van der Waals surface area contributed by atoms with Crippen LogP contribution < -0.4 is 5.73 Å². The minimum Gasteiger partial charge on any atom is -0.396 e. The lowest BCUT2D eigenvalue weighted by molar-refractivity contribution is 0.105. The topological polar surface area (TPSA) is 53.1 Å². The molecule has 14 heavy (non-hydrogen) atoms. The third kappa shape index (κ3) is 1.62. The first-order chi connectivity index (χ1) is 6.70. The predicted octanol–water partition coefficient (Wildman–Crippen LogP) is 1.51. The van der Waals surface area contributed by atoms with E-state index in [1.54, 1.807) is 7.11 Å². The Morgan fingerprint density at radius 3 is 2.86 bits per heavy atom. The molecule has 2 rings (SSSR count). The molecule has 1 aromatic rings. The number of nitrogens with zero attached hydrogens (tertiary/aromatic N) is 2. The molecular weight excluding hydrogens is 178 g/mol. The van der Waals surface area contributed by atoms with Gasteiger partial charge in [0.15, 0.2) is 0 Å². The van der Waals surface area contributed by atoms with E-state index in [1.165, 1.54) is 0 Å². The molecule has 0 spiro atoms. The average molecular weight is 195 g/mol. The molecule has 2 unspecified atom stereocenters. The number of rotatable bonds is 2. The summed E-state index contributed by atoms with van der Waals surface area (Å²) < 4.78 is 7.32. The molecular formula is C10H17N3O. The van der Waals surface area contributed by atoms with Crippen molar-refractivity contribution in [3.8, 4) is 0 Å². The Bertz CT molecular complexity index is 302. The van der Waals surface area contributed by atoms with E-state index in [-0.39, 0.29) is 0 Å². The van der Waals surface area contributed by atoms with Crippen LogP contribution >= 0.6 is 0 Å². The van der Waals surface area contributed by atoms with Crippen molar-refractivity contribution in [2.45, 2.75) is 38.3 Å². The Morgan fingerprint density at radius 2 is 2.36 bits per heavy atom. The van der Waals surface area contributed by atoms with Crippen LogP contribution in [0.1, 0.15) is 31.0 Å². The van der Waals surface area contributed by atoms with E-state index < -0.39 is 0 Å². The zero-order valence-electron chi connectivity index (χ0n) is 8.73. The molecule has 4 nitrogen and oxygen atoms in total. The quantitative estimate of drug-likeness (QED) is 0.778. The van der Waals surface area contributed by atoms with E-state index in [9.17, 15) is 0 Å². The van der Waals surface area contributed by atoms with E-state index in [1.807, 2.05) is 17.8 Å². The van der Waals surface area contributed by atoms with Gasteiger partial charge in [0.1, 0.15) is 0 Å². The van der Waals surface area contributed by atoms with Gasteiger partial charge in [0, 0.05) is 13.3 Å². The van der Waals surface area contributed by atoms with Gasteiger partial charge in [0.2, 0.25) is 0 Å². The van der Waals surface area contributed by atoms with Crippen molar-refractivity contribution >= 4 is 5.69 Å². The number of nitrogen functional groups attached to an aromatic ring is 1. The highest BCUT2D eigenvalue weighted by Gasteiger charge is 2.26. The molecule has 0 saturated heterocycles. The average Bonchev–Trinajstić information content (AvgIpc) is 2.74. The summed E-state index contributed by atoms with van der Waals surface area (Å²) in [6.45, 7) is 1.94. The Labute approximate surface area is 84.0 Å². The molecule has 1 heterocycles. The number of ether oxygens (including phenoxy) is 1. The van der Waals surface area contributed by atoms with Crippen LogP contribution in [0.4, 0.5) is 5.69 Å².